The molecule has 5 heteroatoms. The van der Waals surface area contributed by atoms with E-state index in [0.29, 0.717) is 6.42 Å². The Kier molecular flexibility index (Phi) is 8.10. The van der Waals surface area contributed by atoms with Crippen LogP contribution in [0.25, 0.3) is 0 Å². The molecule has 1 saturated heterocycles. The topological polar surface area (TPSA) is 44.8 Å². The highest BCUT2D eigenvalue weighted by Gasteiger charge is 2.40. The quantitative estimate of drug-likeness (QED) is 0.243. The number of ether oxygens (including phenoxy) is 2. The molecule has 2 rings (SSSR count). The third-order valence-electron chi connectivity index (χ3n) is 5.65. The first kappa shape index (κ1) is 24.4. The van der Waals surface area contributed by atoms with Crippen molar-refractivity contribution in [2.45, 2.75) is 90.0 Å². The average Bonchev–Trinajstić information content (AvgIpc) is 2.92. The van der Waals surface area contributed by atoms with Crippen LogP contribution in [0.2, 0.25) is 18.1 Å². The Morgan fingerprint density at radius 3 is 2.60 bits per heavy atom. The minimum Gasteiger partial charge on any atom is -0.543 e. The van der Waals surface area contributed by atoms with Crippen LogP contribution in [0.15, 0.2) is 36.4 Å². The minimum absolute atomic E-state index is 0.0909. The van der Waals surface area contributed by atoms with E-state index in [4.69, 9.17) is 13.9 Å². The number of aldehydes is 1. The summed E-state index contributed by atoms with van der Waals surface area (Å²) in [6.07, 6.45) is 5.85. The second-order valence-corrected chi connectivity index (χ2v) is 14.5. The average molecular weight is 429 g/mol. The molecule has 0 aliphatic carbocycles. The van der Waals surface area contributed by atoms with E-state index in [1.807, 2.05) is 26.0 Å². The van der Waals surface area contributed by atoms with E-state index in [0.717, 1.165) is 30.4 Å². The fourth-order valence-corrected chi connectivity index (χ4v) is 4.06. The van der Waals surface area contributed by atoms with Crippen LogP contribution in [0.1, 0.15) is 53.0 Å². The lowest BCUT2D eigenvalue weighted by atomic mass is 10.1. The van der Waals surface area contributed by atoms with Gasteiger partial charge in [0.05, 0.1) is 6.10 Å². The fourth-order valence-electron chi connectivity index (χ4n) is 3.04. The predicted octanol–water partition coefficient (Wildman–Crippen LogP) is 5.67. The van der Waals surface area contributed by atoms with Gasteiger partial charge in [-0.25, -0.2) is 0 Å². The zero-order chi connectivity index (χ0) is 22.4. The van der Waals surface area contributed by atoms with Gasteiger partial charge in [0, 0.05) is 12.8 Å². The van der Waals surface area contributed by atoms with Crippen molar-refractivity contribution in [3.63, 3.8) is 0 Å². The van der Waals surface area contributed by atoms with Crippen molar-refractivity contribution in [2.24, 2.45) is 0 Å². The first-order chi connectivity index (χ1) is 13.9. The summed E-state index contributed by atoms with van der Waals surface area (Å²) in [5.74, 6) is 6.80. The van der Waals surface area contributed by atoms with Gasteiger partial charge < -0.3 is 13.9 Å². The minimum atomic E-state index is -1.85. The predicted molar refractivity (Wildman–Crippen MR) is 124 cm³/mol. The Labute approximate surface area is 183 Å². The van der Waals surface area contributed by atoms with Gasteiger partial charge in [-0.05, 0) is 68.2 Å². The summed E-state index contributed by atoms with van der Waals surface area (Å²) in [6, 6.07) is 8.26. The van der Waals surface area contributed by atoms with Crippen molar-refractivity contribution in [1.82, 2.24) is 0 Å². The summed E-state index contributed by atoms with van der Waals surface area (Å²) in [7, 11) is -1.85. The third-order valence-corrected chi connectivity index (χ3v) is 10.0. The maximum absolute atomic E-state index is 10.6. The number of benzene rings is 1. The van der Waals surface area contributed by atoms with E-state index >= 15 is 0 Å². The van der Waals surface area contributed by atoms with Crippen molar-refractivity contribution in [3.8, 4) is 17.6 Å². The SMILES string of the molecule is CC1(C)O[C@@H](/C=C/C=O)[C@H](CCC#CCc2cccc(O[Si](C)(C)C(C)(C)C)c2)O1. The molecule has 0 N–H and O–H groups in total. The molecule has 1 heterocycles. The summed E-state index contributed by atoms with van der Waals surface area (Å²) < 4.78 is 18.2. The van der Waals surface area contributed by atoms with Gasteiger partial charge in [0.2, 0.25) is 8.32 Å². The zero-order valence-corrected chi connectivity index (χ0v) is 20.5. The normalized spacial score (nSPS) is 21.3. The van der Waals surface area contributed by atoms with E-state index in [1.165, 1.54) is 6.08 Å². The lowest BCUT2D eigenvalue weighted by molar-refractivity contribution is -0.143. The van der Waals surface area contributed by atoms with Gasteiger partial charge in [0.1, 0.15) is 18.1 Å². The molecule has 0 saturated carbocycles. The van der Waals surface area contributed by atoms with Gasteiger partial charge in [-0.3, -0.25) is 4.79 Å². The summed E-state index contributed by atoms with van der Waals surface area (Å²) in [6.45, 7) is 15.0. The van der Waals surface area contributed by atoms with E-state index < -0.39 is 14.1 Å². The largest absolute Gasteiger partial charge is 0.543 e. The summed E-state index contributed by atoms with van der Waals surface area (Å²) >= 11 is 0. The lowest BCUT2D eigenvalue weighted by Gasteiger charge is -2.36. The van der Waals surface area contributed by atoms with Gasteiger partial charge in [0.25, 0.3) is 0 Å². The van der Waals surface area contributed by atoms with E-state index in [1.54, 1.807) is 6.08 Å². The molecule has 0 spiro atoms. The number of hydrogen-bond acceptors (Lipinski definition) is 4. The highest BCUT2D eigenvalue weighted by molar-refractivity contribution is 6.74. The monoisotopic (exact) mass is 428 g/mol. The van der Waals surface area contributed by atoms with E-state index in [9.17, 15) is 4.79 Å². The second kappa shape index (κ2) is 9.96. The number of rotatable bonds is 7. The summed E-state index contributed by atoms with van der Waals surface area (Å²) in [4.78, 5) is 10.6. The molecule has 1 fully saturated rings. The van der Waals surface area contributed by atoms with Crippen LogP contribution in [0.5, 0.6) is 5.75 Å². The Morgan fingerprint density at radius 2 is 1.93 bits per heavy atom. The van der Waals surface area contributed by atoms with Crippen LogP contribution >= 0.6 is 0 Å². The number of allylic oxidation sites excluding steroid dienone is 1. The molecule has 2 atom stereocenters. The lowest BCUT2D eigenvalue weighted by Crippen LogP contribution is -2.43. The Balaban J connectivity index is 1.90. The van der Waals surface area contributed by atoms with Crippen LogP contribution in [-0.4, -0.2) is 32.6 Å². The first-order valence-corrected chi connectivity index (χ1v) is 13.6. The Morgan fingerprint density at radius 1 is 1.20 bits per heavy atom. The molecule has 1 aliphatic heterocycles. The number of hydrogen-bond donors (Lipinski definition) is 0. The van der Waals surface area contributed by atoms with Crippen molar-refractivity contribution in [2.75, 3.05) is 0 Å². The zero-order valence-electron chi connectivity index (χ0n) is 19.5. The molecule has 0 bridgehead atoms. The van der Waals surface area contributed by atoms with Gasteiger partial charge in [-0.1, -0.05) is 38.8 Å². The number of carbonyl (C=O) groups excluding carboxylic acids is 1. The molecule has 0 radical (unpaired) electrons. The summed E-state index contributed by atoms with van der Waals surface area (Å²) in [5, 5.41) is 0.169. The molecule has 30 heavy (non-hydrogen) atoms. The van der Waals surface area contributed by atoms with Gasteiger partial charge >= 0.3 is 0 Å². The second-order valence-electron chi connectivity index (χ2n) is 9.74. The Hall–Kier alpha value is -1.87. The fraction of sp³-hybridized carbons (Fsp3) is 0.560. The summed E-state index contributed by atoms with van der Waals surface area (Å²) in [5.41, 5.74) is 1.16. The molecule has 0 unspecified atom stereocenters. The molecular weight excluding hydrogens is 392 g/mol. The first-order valence-electron chi connectivity index (χ1n) is 10.6. The van der Waals surface area contributed by atoms with Crippen molar-refractivity contribution < 1.29 is 18.7 Å². The molecule has 1 aromatic carbocycles. The number of carbonyl (C=O) groups is 1. The molecule has 0 aromatic heterocycles. The molecular formula is C25H36O4Si. The highest BCUT2D eigenvalue weighted by atomic mass is 28.4. The molecule has 164 valence electrons. The Bertz CT molecular complexity index is 808. The van der Waals surface area contributed by atoms with Crippen LogP contribution in [0, 0.1) is 11.8 Å². The van der Waals surface area contributed by atoms with Crippen LogP contribution < -0.4 is 4.43 Å². The maximum Gasteiger partial charge on any atom is 0.250 e. The van der Waals surface area contributed by atoms with Crippen LogP contribution in [-0.2, 0) is 20.7 Å². The van der Waals surface area contributed by atoms with Crippen molar-refractivity contribution >= 4 is 14.6 Å². The van der Waals surface area contributed by atoms with Gasteiger partial charge in [-0.2, -0.15) is 0 Å². The van der Waals surface area contributed by atoms with Crippen LogP contribution in [0.3, 0.4) is 0 Å². The smallest absolute Gasteiger partial charge is 0.250 e. The van der Waals surface area contributed by atoms with Crippen molar-refractivity contribution in [3.05, 3.63) is 42.0 Å². The molecule has 4 nitrogen and oxygen atoms in total. The van der Waals surface area contributed by atoms with E-state index in [-0.39, 0.29) is 17.2 Å². The molecule has 0 amide bonds. The van der Waals surface area contributed by atoms with Gasteiger partial charge in [-0.15, -0.1) is 5.92 Å². The molecule has 1 aliphatic rings. The van der Waals surface area contributed by atoms with E-state index in [2.05, 4.69) is 57.8 Å². The van der Waals surface area contributed by atoms with Gasteiger partial charge in [0.15, 0.2) is 5.79 Å². The standard InChI is InChI=1S/C25H36O4Si/c1-24(2,3)30(6,7)29-21-15-11-14-20(19-21)13-9-8-10-16-22-23(17-12-18-26)28-25(4,5)27-22/h11-12,14-15,17-19,22-23H,10,13,16H2,1-7H3/b17-12+/t22-,23-/m0/s1. The van der Waals surface area contributed by atoms with Crippen molar-refractivity contribution in [1.29, 1.82) is 0 Å². The maximum atomic E-state index is 10.6. The molecule has 1 aromatic rings. The highest BCUT2D eigenvalue weighted by Crippen LogP contribution is 2.37. The third kappa shape index (κ3) is 7.12. The van der Waals surface area contributed by atoms with Crippen LogP contribution in [0.4, 0.5) is 0 Å².